The Kier molecular flexibility index (Phi) is 4.31. The largest absolute Gasteiger partial charge is 0.288 e. The van der Waals surface area contributed by atoms with Crippen molar-refractivity contribution in [3.05, 3.63) is 58.4 Å². The molecule has 9 heteroatoms. The molecule has 23 heavy (non-hydrogen) atoms. The van der Waals surface area contributed by atoms with Crippen LogP contribution in [0.5, 0.6) is 0 Å². The minimum atomic E-state index is -3.69. The van der Waals surface area contributed by atoms with Crippen molar-refractivity contribution < 1.29 is 8.42 Å². The quantitative estimate of drug-likeness (QED) is 0.629. The molecule has 0 amide bonds. The molecule has 0 radical (unpaired) electrons. The number of imidazole rings is 1. The van der Waals surface area contributed by atoms with Crippen LogP contribution in [0.15, 0.2) is 53.9 Å². The molecule has 0 atom stereocenters. The van der Waals surface area contributed by atoms with Crippen molar-refractivity contribution in [3.8, 4) is 5.82 Å². The maximum Gasteiger partial charge on any atom is 0.263 e. The monoisotopic (exact) mass is 441 g/mol. The van der Waals surface area contributed by atoms with E-state index in [4.69, 9.17) is 0 Å². The summed E-state index contributed by atoms with van der Waals surface area (Å²) in [4.78, 5) is 12.4. The number of hydrogen-bond donors (Lipinski definition) is 1. The van der Waals surface area contributed by atoms with Gasteiger partial charge in [-0.2, -0.15) is 0 Å². The van der Waals surface area contributed by atoms with Crippen molar-refractivity contribution in [1.82, 2.24) is 19.5 Å². The van der Waals surface area contributed by atoms with E-state index in [2.05, 4.69) is 42.3 Å². The Morgan fingerprint density at radius 1 is 1.13 bits per heavy atom. The van der Waals surface area contributed by atoms with Crippen LogP contribution in [0.2, 0.25) is 0 Å². The molecule has 2 heterocycles. The van der Waals surface area contributed by atoms with Crippen molar-refractivity contribution in [2.75, 3.05) is 4.72 Å². The van der Waals surface area contributed by atoms with Gasteiger partial charge in [-0.15, -0.1) is 0 Å². The molecular weight excluding hydrogens is 429 g/mol. The van der Waals surface area contributed by atoms with E-state index in [1.807, 2.05) is 6.92 Å². The van der Waals surface area contributed by atoms with Crippen LogP contribution in [0.1, 0.15) is 5.82 Å². The predicted molar refractivity (Wildman–Crippen MR) is 93.9 cm³/mol. The van der Waals surface area contributed by atoms with Crippen LogP contribution in [0.3, 0.4) is 0 Å². The number of nitrogens with one attached hydrogen (secondary N) is 1. The molecule has 0 spiro atoms. The van der Waals surface area contributed by atoms with E-state index >= 15 is 0 Å². The first-order valence-corrected chi connectivity index (χ1v) is 9.13. The molecule has 0 aliphatic rings. The van der Waals surface area contributed by atoms with E-state index in [0.717, 1.165) is 9.39 Å². The van der Waals surface area contributed by atoms with Gasteiger partial charge in [-0.1, -0.05) is 0 Å². The van der Waals surface area contributed by atoms with E-state index in [9.17, 15) is 8.42 Å². The van der Waals surface area contributed by atoms with Gasteiger partial charge in [0.1, 0.15) is 23.8 Å². The smallest absolute Gasteiger partial charge is 0.263 e. The molecule has 7 nitrogen and oxygen atoms in total. The number of hydrogen-bond acceptors (Lipinski definition) is 5. The van der Waals surface area contributed by atoms with E-state index in [-0.39, 0.29) is 10.7 Å². The molecule has 0 unspecified atom stereocenters. The average Bonchev–Trinajstić information content (AvgIpc) is 2.94. The molecule has 2 aromatic heterocycles. The standard InChI is InChI=1S/C14H12IN5O2S/c1-10-16-6-7-20(10)14-8-13(17-9-18-14)19-23(21,22)12-4-2-11(15)3-5-12/h2-9H,1H3,(H,17,18,19). The number of benzene rings is 1. The molecule has 0 bridgehead atoms. The molecule has 118 valence electrons. The highest BCUT2D eigenvalue weighted by Gasteiger charge is 2.15. The van der Waals surface area contributed by atoms with Crippen molar-refractivity contribution in [2.45, 2.75) is 11.8 Å². The highest BCUT2D eigenvalue weighted by molar-refractivity contribution is 14.1. The normalized spacial score (nSPS) is 11.4. The van der Waals surface area contributed by atoms with E-state index in [0.29, 0.717) is 5.82 Å². The molecule has 0 saturated carbocycles. The molecule has 3 aromatic rings. The molecular formula is C14H12IN5O2S. The molecule has 0 fully saturated rings. The zero-order valence-electron chi connectivity index (χ0n) is 12.0. The number of rotatable bonds is 4. The lowest BCUT2D eigenvalue weighted by Gasteiger charge is -2.09. The van der Waals surface area contributed by atoms with Gasteiger partial charge in [0.05, 0.1) is 4.90 Å². The molecule has 1 aromatic carbocycles. The lowest BCUT2D eigenvalue weighted by atomic mass is 10.4. The summed E-state index contributed by atoms with van der Waals surface area (Å²) in [7, 11) is -3.69. The average molecular weight is 441 g/mol. The summed E-state index contributed by atoms with van der Waals surface area (Å²) in [6.07, 6.45) is 4.70. The highest BCUT2D eigenvalue weighted by atomic mass is 127. The number of nitrogens with zero attached hydrogens (tertiary/aromatic N) is 4. The van der Waals surface area contributed by atoms with Gasteiger partial charge in [0.15, 0.2) is 0 Å². The van der Waals surface area contributed by atoms with Crippen LogP contribution in [-0.2, 0) is 10.0 Å². The second-order valence-electron chi connectivity index (χ2n) is 4.67. The lowest BCUT2D eigenvalue weighted by Crippen LogP contribution is -2.14. The van der Waals surface area contributed by atoms with Gasteiger partial charge in [0, 0.05) is 22.0 Å². The van der Waals surface area contributed by atoms with E-state index in [1.165, 1.54) is 6.33 Å². The Hall–Kier alpha value is -2.01. The molecule has 1 N–H and O–H groups in total. The van der Waals surface area contributed by atoms with E-state index in [1.54, 1.807) is 47.3 Å². The van der Waals surface area contributed by atoms with E-state index < -0.39 is 10.0 Å². The third-order valence-corrected chi connectivity index (χ3v) is 5.18. The number of aryl methyl sites for hydroxylation is 1. The van der Waals surface area contributed by atoms with Crippen molar-refractivity contribution >= 4 is 38.4 Å². The summed E-state index contributed by atoms with van der Waals surface area (Å²) in [5, 5.41) is 0. The first kappa shape index (κ1) is 15.9. The summed E-state index contributed by atoms with van der Waals surface area (Å²) in [5.41, 5.74) is 0. The van der Waals surface area contributed by atoms with Crippen molar-refractivity contribution in [3.63, 3.8) is 0 Å². The minimum Gasteiger partial charge on any atom is -0.288 e. The maximum atomic E-state index is 12.4. The highest BCUT2D eigenvalue weighted by Crippen LogP contribution is 2.17. The Balaban J connectivity index is 1.91. The van der Waals surface area contributed by atoms with Gasteiger partial charge in [-0.3, -0.25) is 9.29 Å². The molecule has 0 aliphatic heterocycles. The zero-order valence-corrected chi connectivity index (χ0v) is 15.0. The number of aromatic nitrogens is 4. The number of sulfonamides is 1. The second-order valence-corrected chi connectivity index (χ2v) is 7.59. The van der Waals surface area contributed by atoms with Gasteiger partial charge < -0.3 is 0 Å². The van der Waals surface area contributed by atoms with Crippen molar-refractivity contribution in [2.24, 2.45) is 0 Å². The van der Waals surface area contributed by atoms with Crippen LogP contribution in [0.4, 0.5) is 5.82 Å². The predicted octanol–water partition coefficient (Wildman–Crippen LogP) is 2.38. The van der Waals surface area contributed by atoms with Crippen LogP contribution >= 0.6 is 22.6 Å². The zero-order chi connectivity index (χ0) is 16.4. The third-order valence-electron chi connectivity index (χ3n) is 3.09. The molecule has 3 rings (SSSR count). The molecule has 0 aliphatic carbocycles. The summed E-state index contributed by atoms with van der Waals surface area (Å²) >= 11 is 2.12. The van der Waals surface area contributed by atoms with Crippen LogP contribution < -0.4 is 4.72 Å². The lowest BCUT2D eigenvalue weighted by molar-refractivity contribution is 0.601. The third kappa shape index (κ3) is 3.50. The topological polar surface area (TPSA) is 89.8 Å². The number of halogens is 1. The Bertz CT molecular complexity index is 938. The summed E-state index contributed by atoms with van der Waals surface area (Å²) in [6.45, 7) is 1.83. The van der Waals surface area contributed by atoms with Gasteiger partial charge in [0.2, 0.25) is 0 Å². The van der Waals surface area contributed by atoms with Crippen molar-refractivity contribution in [1.29, 1.82) is 0 Å². The molecule has 0 saturated heterocycles. The fourth-order valence-electron chi connectivity index (χ4n) is 1.97. The number of anilines is 1. The van der Waals surface area contributed by atoms with Gasteiger partial charge in [-0.25, -0.2) is 23.4 Å². The minimum absolute atomic E-state index is 0.178. The Labute approximate surface area is 147 Å². The summed E-state index contributed by atoms with van der Waals surface area (Å²) < 4.78 is 29.9. The first-order chi connectivity index (χ1) is 11.0. The Morgan fingerprint density at radius 2 is 1.87 bits per heavy atom. The Morgan fingerprint density at radius 3 is 2.52 bits per heavy atom. The van der Waals surface area contributed by atoms with Crippen LogP contribution in [0, 0.1) is 10.5 Å². The second kappa shape index (κ2) is 6.24. The summed E-state index contributed by atoms with van der Waals surface area (Å²) in [5.74, 6) is 1.48. The van der Waals surface area contributed by atoms with Crippen LogP contribution in [0.25, 0.3) is 5.82 Å². The van der Waals surface area contributed by atoms with Gasteiger partial charge in [-0.05, 0) is 53.8 Å². The SMILES string of the molecule is Cc1nccn1-c1cc(NS(=O)(=O)c2ccc(I)cc2)ncn1. The van der Waals surface area contributed by atoms with Gasteiger partial charge >= 0.3 is 0 Å². The maximum absolute atomic E-state index is 12.4. The summed E-state index contributed by atoms with van der Waals surface area (Å²) in [6, 6.07) is 8.11. The van der Waals surface area contributed by atoms with Crippen LogP contribution in [-0.4, -0.2) is 27.9 Å². The first-order valence-electron chi connectivity index (χ1n) is 6.56. The van der Waals surface area contributed by atoms with Gasteiger partial charge in [0.25, 0.3) is 10.0 Å². The fourth-order valence-corrected chi connectivity index (χ4v) is 3.32. The fraction of sp³-hybridized carbons (Fsp3) is 0.0714.